The van der Waals surface area contributed by atoms with E-state index >= 15 is 0 Å². The van der Waals surface area contributed by atoms with E-state index in [1.54, 1.807) is 18.4 Å². The fourth-order valence-electron chi connectivity index (χ4n) is 3.23. The molecule has 0 bridgehead atoms. The van der Waals surface area contributed by atoms with Gasteiger partial charge in [0.1, 0.15) is 16.6 Å². The standard InChI is InChI=1S/C19H20N4O2S/c1-12-21-17-6-7-23(11-16(17)18(24)22-12)10-15-9-20-19(26-15)13-4-3-5-14(8-13)25-2/h3-5,8-9H,6-7,10-11H2,1-2H3,(H,21,22,24). The molecule has 1 aliphatic heterocycles. The van der Waals surface area contributed by atoms with Crippen LogP contribution in [0.15, 0.2) is 35.3 Å². The molecule has 134 valence electrons. The largest absolute Gasteiger partial charge is 0.497 e. The molecule has 3 heterocycles. The second-order valence-electron chi connectivity index (χ2n) is 6.40. The highest BCUT2D eigenvalue weighted by atomic mass is 32.1. The smallest absolute Gasteiger partial charge is 0.255 e. The van der Waals surface area contributed by atoms with Gasteiger partial charge in [0.25, 0.3) is 5.56 Å². The van der Waals surface area contributed by atoms with Gasteiger partial charge >= 0.3 is 0 Å². The summed E-state index contributed by atoms with van der Waals surface area (Å²) in [6, 6.07) is 7.93. The van der Waals surface area contributed by atoms with E-state index in [0.717, 1.165) is 47.1 Å². The topological polar surface area (TPSA) is 71.1 Å². The van der Waals surface area contributed by atoms with Gasteiger partial charge in [0.2, 0.25) is 0 Å². The number of aryl methyl sites for hydroxylation is 1. The van der Waals surface area contributed by atoms with Gasteiger partial charge in [-0.3, -0.25) is 9.69 Å². The van der Waals surface area contributed by atoms with Crippen molar-refractivity contribution < 1.29 is 4.74 Å². The predicted molar refractivity (Wildman–Crippen MR) is 102 cm³/mol. The van der Waals surface area contributed by atoms with Gasteiger partial charge in [-0.2, -0.15) is 0 Å². The molecule has 2 aromatic heterocycles. The van der Waals surface area contributed by atoms with Gasteiger partial charge in [-0.25, -0.2) is 9.97 Å². The quantitative estimate of drug-likeness (QED) is 0.767. The molecule has 0 atom stereocenters. The van der Waals surface area contributed by atoms with E-state index in [0.29, 0.717) is 12.4 Å². The van der Waals surface area contributed by atoms with Gasteiger partial charge in [-0.05, 0) is 19.1 Å². The third-order valence-electron chi connectivity index (χ3n) is 4.52. The summed E-state index contributed by atoms with van der Waals surface area (Å²) < 4.78 is 5.29. The Labute approximate surface area is 155 Å². The average Bonchev–Trinajstić information content (AvgIpc) is 3.11. The molecule has 0 radical (unpaired) electrons. The highest BCUT2D eigenvalue weighted by molar-refractivity contribution is 7.15. The molecule has 0 unspecified atom stereocenters. The number of hydrogen-bond acceptors (Lipinski definition) is 6. The number of hydrogen-bond donors (Lipinski definition) is 1. The van der Waals surface area contributed by atoms with Crippen molar-refractivity contribution in [3.63, 3.8) is 0 Å². The van der Waals surface area contributed by atoms with Crippen molar-refractivity contribution in [3.8, 4) is 16.3 Å². The van der Waals surface area contributed by atoms with E-state index in [4.69, 9.17) is 4.74 Å². The number of methoxy groups -OCH3 is 1. The summed E-state index contributed by atoms with van der Waals surface area (Å²) in [4.78, 5) is 27.5. The fraction of sp³-hybridized carbons (Fsp3) is 0.316. The lowest BCUT2D eigenvalue weighted by molar-refractivity contribution is 0.243. The van der Waals surface area contributed by atoms with Crippen LogP contribution < -0.4 is 10.3 Å². The molecule has 6 nitrogen and oxygen atoms in total. The van der Waals surface area contributed by atoms with Gasteiger partial charge in [-0.1, -0.05) is 12.1 Å². The first-order chi connectivity index (χ1) is 12.6. The van der Waals surface area contributed by atoms with Crippen LogP contribution in [-0.2, 0) is 19.5 Å². The number of rotatable bonds is 4. The molecule has 0 amide bonds. The molecule has 3 aromatic rings. The molecule has 1 aliphatic rings. The molecule has 7 heteroatoms. The molecule has 1 N–H and O–H groups in total. The van der Waals surface area contributed by atoms with Crippen LogP contribution in [0.1, 0.15) is 22.0 Å². The van der Waals surface area contributed by atoms with E-state index in [1.165, 1.54) is 4.88 Å². The van der Waals surface area contributed by atoms with E-state index < -0.39 is 0 Å². The maximum absolute atomic E-state index is 12.2. The Morgan fingerprint density at radius 2 is 2.27 bits per heavy atom. The Morgan fingerprint density at radius 1 is 1.38 bits per heavy atom. The molecule has 26 heavy (non-hydrogen) atoms. The van der Waals surface area contributed by atoms with E-state index in [-0.39, 0.29) is 5.56 Å². The number of nitrogens with zero attached hydrogens (tertiary/aromatic N) is 3. The van der Waals surface area contributed by atoms with Crippen molar-refractivity contribution >= 4 is 11.3 Å². The minimum Gasteiger partial charge on any atom is -0.497 e. The van der Waals surface area contributed by atoms with Crippen molar-refractivity contribution in [2.75, 3.05) is 13.7 Å². The monoisotopic (exact) mass is 368 g/mol. The van der Waals surface area contributed by atoms with Crippen LogP contribution in [0.4, 0.5) is 0 Å². The first-order valence-corrected chi connectivity index (χ1v) is 9.34. The third kappa shape index (κ3) is 3.40. The molecule has 0 saturated carbocycles. The van der Waals surface area contributed by atoms with Gasteiger partial charge in [0.15, 0.2) is 0 Å². The summed E-state index contributed by atoms with van der Waals surface area (Å²) in [6.07, 6.45) is 2.73. The van der Waals surface area contributed by atoms with Crippen LogP contribution in [0.3, 0.4) is 0 Å². The Hall–Kier alpha value is -2.51. The number of aromatic amines is 1. The molecule has 0 aliphatic carbocycles. The minimum absolute atomic E-state index is 0.0152. The zero-order valence-electron chi connectivity index (χ0n) is 14.8. The van der Waals surface area contributed by atoms with Crippen LogP contribution in [0.25, 0.3) is 10.6 Å². The summed E-state index contributed by atoms with van der Waals surface area (Å²) >= 11 is 1.68. The fourth-order valence-corrected chi connectivity index (χ4v) is 4.18. The number of aromatic nitrogens is 3. The van der Waals surface area contributed by atoms with Crippen LogP contribution in [0.2, 0.25) is 0 Å². The Kier molecular flexibility index (Phi) is 4.57. The highest BCUT2D eigenvalue weighted by Crippen LogP contribution is 2.29. The third-order valence-corrected chi connectivity index (χ3v) is 5.55. The second-order valence-corrected chi connectivity index (χ2v) is 7.52. The Bertz CT molecular complexity index is 995. The number of fused-ring (bicyclic) bond motifs is 1. The van der Waals surface area contributed by atoms with Crippen molar-refractivity contribution in [1.29, 1.82) is 0 Å². The first-order valence-electron chi connectivity index (χ1n) is 8.52. The van der Waals surface area contributed by atoms with Crippen molar-refractivity contribution in [2.24, 2.45) is 0 Å². The molecular weight excluding hydrogens is 348 g/mol. The SMILES string of the molecule is COc1cccc(-c2ncc(CN3CCc4nc(C)[nH]c(=O)c4C3)s2)c1. The molecule has 1 aromatic carbocycles. The van der Waals surface area contributed by atoms with Crippen LogP contribution in [0.5, 0.6) is 5.75 Å². The normalized spacial score (nSPS) is 14.2. The molecule has 0 spiro atoms. The van der Waals surface area contributed by atoms with Gasteiger partial charge < -0.3 is 9.72 Å². The summed E-state index contributed by atoms with van der Waals surface area (Å²) in [7, 11) is 1.67. The van der Waals surface area contributed by atoms with Crippen LogP contribution in [-0.4, -0.2) is 33.5 Å². The van der Waals surface area contributed by atoms with Crippen molar-refractivity contribution in [3.05, 3.63) is 62.8 Å². The number of nitrogens with one attached hydrogen (secondary N) is 1. The van der Waals surface area contributed by atoms with E-state index in [1.807, 2.05) is 37.4 Å². The molecule has 4 rings (SSSR count). The van der Waals surface area contributed by atoms with Gasteiger partial charge in [-0.15, -0.1) is 11.3 Å². The maximum atomic E-state index is 12.2. The lowest BCUT2D eigenvalue weighted by atomic mass is 10.1. The average molecular weight is 368 g/mol. The predicted octanol–water partition coefficient (Wildman–Crippen LogP) is 2.77. The summed E-state index contributed by atoms with van der Waals surface area (Å²) in [5, 5.41) is 0.978. The summed E-state index contributed by atoms with van der Waals surface area (Å²) in [5.74, 6) is 1.52. The number of benzene rings is 1. The Balaban J connectivity index is 1.50. The summed E-state index contributed by atoms with van der Waals surface area (Å²) in [5.41, 5.74) is 2.77. The number of thiazole rings is 1. The van der Waals surface area contributed by atoms with Gasteiger partial charge in [0.05, 0.1) is 18.4 Å². The molecule has 0 saturated heterocycles. The zero-order chi connectivity index (χ0) is 18.1. The van der Waals surface area contributed by atoms with E-state index in [9.17, 15) is 4.79 Å². The lowest BCUT2D eigenvalue weighted by Crippen LogP contribution is -2.35. The van der Waals surface area contributed by atoms with E-state index in [2.05, 4.69) is 19.9 Å². The number of H-pyrrole nitrogens is 1. The molecular formula is C19H20N4O2S. The number of ether oxygens (including phenoxy) is 1. The Morgan fingerprint density at radius 3 is 3.12 bits per heavy atom. The first kappa shape index (κ1) is 16.9. The second kappa shape index (κ2) is 7.01. The zero-order valence-corrected chi connectivity index (χ0v) is 15.6. The summed E-state index contributed by atoms with van der Waals surface area (Å²) in [6.45, 7) is 4.14. The lowest BCUT2D eigenvalue weighted by Gasteiger charge is -2.26. The van der Waals surface area contributed by atoms with Crippen LogP contribution >= 0.6 is 11.3 Å². The maximum Gasteiger partial charge on any atom is 0.255 e. The highest BCUT2D eigenvalue weighted by Gasteiger charge is 2.21. The van der Waals surface area contributed by atoms with Crippen molar-refractivity contribution in [2.45, 2.75) is 26.4 Å². The minimum atomic E-state index is -0.0152. The van der Waals surface area contributed by atoms with Gasteiger partial charge in [0, 0.05) is 42.7 Å². The molecule has 0 fully saturated rings. The van der Waals surface area contributed by atoms with Crippen LogP contribution in [0, 0.1) is 6.92 Å². The van der Waals surface area contributed by atoms with Crippen molar-refractivity contribution in [1.82, 2.24) is 19.9 Å².